The summed E-state index contributed by atoms with van der Waals surface area (Å²) in [5.41, 5.74) is 2.84. The summed E-state index contributed by atoms with van der Waals surface area (Å²) in [7, 11) is 3.16. The van der Waals surface area contributed by atoms with Crippen molar-refractivity contribution in [3.8, 4) is 11.3 Å². The first-order valence-corrected chi connectivity index (χ1v) is 7.01. The quantitative estimate of drug-likeness (QED) is 0.595. The number of nitrogens with zero attached hydrogens (tertiary/aromatic N) is 1. The molecule has 0 bridgehead atoms. The van der Waals surface area contributed by atoms with Gasteiger partial charge in [0.15, 0.2) is 0 Å². The maximum Gasteiger partial charge on any atom is 0.294 e. The Morgan fingerprint density at radius 2 is 1.55 bits per heavy atom. The Kier molecular flexibility index (Phi) is 3.51. The van der Waals surface area contributed by atoms with Crippen molar-refractivity contribution in [1.82, 2.24) is 9.88 Å². The largest absolute Gasteiger partial charge is 0.354 e. The Labute approximate surface area is 128 Å². The van der Waals surface area contributed by atoms with E-state index in [1.807, 2.05) is 54.6 Å². The normalized spacial score (nSPS) is 10.6. The molecule has 0 fully saturated rings. The summed E-state index contributed by atoms with van der Waals surface area (Å²) in [4.78, 5) is 29.3. The van der Waals surface area contributed by atoms with E-state index in [1.54, 1.807) is 14.1 Å². The smallest absolute Gasteiger partial charge is 0.294 e. The molecule has 0 atom stereocenters. The van der Waals surface area contributed by atoms with Crippen LogP contribution >= 0.6 is 0 Å². The summed E-state index contributed by atoms with van der Waals surface area (Å²) in [6.45, 7) is 0. The van der Waals surface area contributed by atoms with Crippen LogP contribution in [0.15, 0.2) is 54.6 Å². The van der Waals surface area contributed by atoms with Crippen LogP contribution in [0.3, 0.4) is 0 Å². The lowest BCUT2D eigenvalue weighted by Gasteiger charge is -2.10. The monoisotopic (exact) mass is 292 g/mol. The average Bonchev–Trinajstić information content (AvgIpc) is 2.93. The van der Waals surface area contributed by atoms with Crippen molar-refractivity contribution in [3.63, 3.8) is 0 Å². The number of carbonyl (C=O) groups excluding carboxylic acids is 2. The number of rotatable bonds is 3. The van der Waals surface area contributed by atoms with Gasteiger partial charge in [0.2, 0.25) is 0 Å². The average molecular weight is 292 g/mol. The molecule has 0 saturated heterocycles. The fourth-order valence-corrected chi connectivity index (χ4v) is 2.51. The first-order valence-electron chi connectivity index (χ1n) is 7.01. The maximum absolute atomic E-state index is 12.6. The summed E-state index contributed by atoms with van der Waals surface area (Å²) in [6, 6.07) is 17.1. The van der Waals surface area contributed by atoms with E-state index in [0.717, 1.165) is 16.5 Å². The van der Waals surface area contributed by atoms with Crippen LogP contribution < -0.4 is 0 Å². The van der Waals surface area contributed by atoms with Crippen molar-refractivity contribution in [1.29, 1.82) is 0 Å². The molecule has 1 heterocycles. The van der Waals surface area contributed by atoms with Crippen LogP contribution in [0.5, 0.6) is 0 Å². The van der Waals surface area contributed by atoms with Gasteiger partial charge in [-0.2, -0.15) is 0 Å². The van der Waals surface area contributed by atoms with E-state index in [4.69, 9.17) is 0 Å². The number of amides is 1. The number of benzene rings is 2. The second kappa shape index (κ2) is 5.48. The Morgan fingerprint density at radius 1 is 0.909 bits per heavy atom. The van der Waals surface area contributed by atoms with Crippen LogP contribution in [0, 0.1) is 0 Å². The summed E-state index contributed by atoms with van der Waals surface area (Å²) in [6.07, 6.45) is 0. The fraction of sp³-hybridized carbons (Fsp3) is 0.111. The van der Waals surface area contributed by atoms with Gasteiger partial charge in [-0.3, -0.25) is 9.59 Å². The Morgan fingerprint density at radius 3 is 2.23 bits per heavy atom. The number of Topliss-reactive ketones (excluding diaryl/α,β-unsaturated/α-hetero) is 1. The van der Waals surface area contributed by atoms with E-state index in [9.17, 15) is 9.59 Å². The molecule has 2 aromatic carbocycles. The van der Waals surface area contributed by atoms with E-state index >= 15 is 0 Å². The maximum atomic E-state index is 12.6. The first kappa shape index (κ1) is 14.1. The molecule has 3 rings (SSSR count). The number of carbonyl (C=O) groups is 2. The van der Waals surface area contributed by atoms with Crippen LogP contribution in [-0.2, 0) is 4.79 Å². The number of aromatic nitrogens is 1. The van der Waals surface area contributed by atoms with Crippen molar-refractivity contribution in [2.24, 2.45) is 0 Å². The summed E-state index contributed by atoms with van der Waals surface area (Å²) in [5, 5.41) is 0.765. The lowest BCUT2D eigenvalue weighted by atomic mass is 10.0. The Bertz CT molecular complexity index is 848. The van der Waals surface area contributed by atoms with Crippen molar-refractivity contribution < 1.29 is 9.59 Å². The molecule has 4 nitrogen and oxygen atoms in total. The summed E-state index contributed by atoms with van der Waals surface area (Å²) >= 11 is 0. The van der Waals surface area contributed by atoms with Gasteiger partial charge in [-0.1, -0.05) is 48.5 Å². The molecular formula is C18H16N2O2. The number of H-pyrrole nitrogens is 1. The zero-order valence-electron chi connectivity index (χ0n) is 12.5. The molecule has 0 aliphatic carbocycles. The van der Waals surface area contributed by atoms with Gasteiger partial charge in [0.1, 0.15) is 0 Å². The number of likely N-dealkylation sites (N-methyl/N-ethyl adjacent to an activating group) is 1. The molecule has 0 radical (unpaired) electrons. The highest BCUT2D eigenvalue weighted by Crippen LogP contribution is 2.30. The molecule has 0 aliphatic rings. The van der Waals surface area contributed by atoms with Crippen LogP contribution in [0.25, 0.3) is 22.2 Å². The van der Waals surface area contributed by atoms with Gasteiger partial charge in [-0.15, -0.1) is 0 Å². The standard InChI is InChI=1S/C18H16N2O2/c1-20(2)18(22)17(21)15-13-10-6-7-11-14(13)19-16(15)12-8-4-3-5-9-12/h3-11,19H,1-2H3. The minimum Gasteiger partial charge on any atom is -0.354 e. The molecule has 1 aromatic heterocycles. The van der Waals surface area contributed by atoms with Gasteiger partial charge in [-0.05, 0) is 11.6 Å². The summed E-state index contributed by atoms with van der Waals surface area (Å²) in [5.74, 6) is -1.02. The van der Waals surface area contributed by atoms with Crippen molar-refractivity contribution in [2.75, 3.05) is 14.1 Å². The van der Waals surface area contributed by atoms with E-state index in [-0.39, 0.29) is 0 Å². The summed E-state index contributed by atoms with van der Waals surface area (Å²) < 4.78 is 0. The minimum absolute atomic E-state index is 0.431. The number of fused-ring (bicyclic) bond motifs is 1. The number of ketones is 1. The zero-order valence-corrected chi connectivity index (χ0v) is 12.5. The third-order valence-electron chi connectivity index (χ3n) is 3.60. The van der Waals surface area contributed by atoms with Crippen molar-refractivity contribution in [3.05, 3.63) is 60.2 Å². The van der Waals surface area contributed by atoms with Crippen LogP contribution in [0.1, 0.15) is 10.4 Å². The third kappa shape index (κ3) is 2.29. The molecule has 0 unspecified atom stereocenters. The van der Waals surface area contributed by atoms with Gasteiger partial charge < -0.3 is 9.88 Å². The van der Waals surface area contributed by atoms with Crippen LogP contribution in [0.2, 0.25) is 0 Å². The highest BCUT2D eigenvalue weighted by Gasteiger charge is 2.25. The molecule has 1 N–H and O–H groups in total. The molecule has 0 saturated carbocycles. The van der Waals surface area contributed by atoms with Crippen LogP contribution in [0.4, 0.5) is 0 Å². The number of hydrogen-bond acceptors (Lipinski definition) is 2. The fourth-order valence-electron chi connectivity index (χ4n) is 2.51. The van der Waals surface area contributed by atoms with Crippen molar-refractivity contribution in [2.45, 2.75) is 0 Å². The topological polar surface area (TPSA) is 53.2 Å². The Hall–Kier alpha value is -2.88. The number of para-hydroxylation sites is 1. The molecule has 0 aliphatic heterocycles. The predicted molar refractivity (Wildman–Crippen MR) is 86.8 cm³/mol. The Balaban J connectivity index is 2.27. The molecule has 1 amide bonds. The second-order valence-corrected chi connectivity index (χ2v) is 5.32. The second-order valence-electron chi connectivity index (χ2n) is 5.32. The molecule has 3 aromatic rings. The number of nitrogens with one attached hydrogen (secondary N) is 1. The van der Waals surface area contributed by atoms with Crippen molar-refractivity contribution >= 4 is 22.6 Å². The molecular weight excluding hydrogens is 276 g/mol. The van der Waals surface area contributed by atoms with E-state index in [2.05, 4.69) is 4.98 Å². The highest BCUT2D eigenvalue weighted by molar-refractivity contribution is 6.46. The minimum atomic E-state index is -0.526. The number of hydrogen-bond donors (Lipinski definition) is 1. The zero-order chi connectivity index (χ0) is 15.7. The molecule has 0 spiro atoms. The van der Waals surface area contributed by atoms with Gasteiger partial charge in [0, 0.05) is 25.0 Å². The molecule has 22 heavy (non-hydrogen) atoms. The van der Waals surface area contributed by atoms with Gasteiger partial charge in [0.05, 0.1) is 11.3 Å². The van der Waals surface area contributed by atoms with E-state index < -0.39 is 11.7 Å². The van der Waals surface area contributed by atoms with Crippen LogP contribution in [-0.4, -0.2) is 35.7 Å². The predicted octanol–water partition coefficient (Wildman–Crippen LogP) is 3.11. The molecule has 4 heteroatoms. The van der Waals surface area contributed by atoms with E-state index in [0.29, 0.717) is 11.3 Å². The lowest BCUT2D eigenvalue weighted by molar-refractivity contribution is -0.124. The lowest BCUT2D eigenvalue weighted by Crippen LogP contribution is -2.30. The highest BCUT2D eigenvalue weighted by atomic mass is 16.2. The SMILES string of the molecule is CN(C)C(=O)C(=O)c1c(-c2ccccc2)[nH]c2ccccc12. The van der Waals surface area contributed by atoms with Gasteiger partial charge >= 0.3 is 0 Å². The van der Waals surface area contributed by atoms with Gasteiger partial charge in [-0.25, -0.2) is 0 Å². The third-order valence-corrected chi connectivity index (χ3v) is 3.60. The first-order chi connectivity index (χ1) is 10.6. The van der Waals surface area contributed by atoms with E-state index in [1.165, 1.54) is 4.90 Å². The number of aromatic amines is 1. The van der Waals surface area contributed by atoms with Gasteiger partial charge in [0.25, 0.3) is 11.7 Å². The molecule has 110 valence electrons.